The van der Waals surface area contributed by atoms with Gasteiger partial charge in [-0.05, 0) is 12.5 Å². The summed E-state index contributed by atoms with van der Waals surface area (Å²) in [6, 6.07) is 0.831. The molecule has 0 radical (unpaired) electrons. The largest absolute Gasteiger partial charge is 0.204 e. The van der Waals surface area contributed by atoms with Crippen molar-refractivity contribution in [3.63, 3.8) is 0 Å². The topological polar surface area (TPSA) is 0 Å². The first-order chi connectivity index (χ1) is 6.11. The third kappa shape index (κ3) is 1.52. The number of terminal acetylenes is 1. The zero-order chi connectivity index (χ0) is 10.0. The Hall–Kier alpha value is -1.43. The fraction of sp³-hybridized carbons (Fsp3) is 0.200. The second-order valence-electron chi connectivity index (χ2n) is 2.51. The summed E-state index contributed by atoms with van der Waals surface area (Å²) in [5.74, 6) is -1.79. The summed E-state index contributed by atoms with van der Waals surface area (Å²) in [4.78, 5) is 0. The average Bonchev–Trinajstić information content (AvgIpc) is 2.13. The third-order valence-corrected chi connectivity index (χ3v) is 1.77. The molecule has 1 aromatic rings. The molecular weight excluding hydrogens is 177 g/mol. The lowest BCUT2D eigenvalue weighted by molar-refractivity contribution is 0.441. The van der Waals surface area contributed by atoms with Crippen LogP contribution in [0.3, 0.4) is 0 Å². The minimum absolute atomic E-state index is 0.0430. The maximum atomic E-state index is 13.0. The minimum atomic E-state index is -1.46. The van der Waals surface area contributed by atoms with Crippen molar-refractivity contribution in [3.8, 4) is 12.3 Å². The van der Waals surface area contributed by atoms with Gasteiger partial charge in [-0.1, -0.05) is 12.8 Å². The summed E-state index contributed by atoms with van der Waals surface area (Å²) in [5.41, 5.74) is 0.111. The zero-order valence-electron chi connectivity index (χ0n) is 7.00. The van der Waals surface area contributed by atoms with Crippen LogP contribution in [0.4, 0.5) is 13.2 Å². The smallest absolute Gasteiger partial charge is 0.194 e. The molecule has 0 atom stereocenters. The first-order valence-electron chi connectivity index (χ1n) is 3.74. The number of rotatable bonds is 1. The summed E-state index contributed by atoms with van der Waals surface area (Å²) in [7, 11) is 0. The fourth-order valence-corrected chi connectivity index (χ4v) is 1.11. The maximum absolute atomic E-state index is 13.0. The molecule has 0 aliphatic carbocycles. The van der Waals surface area contributed by atoms with Gasteiger partial charge in [0.25, 0.3) is 0 Å². The SMILES string of the molecule is C#Cc1cc(F)c(F)c(F)c1CC. The summed E-state index contributed by atoms with van der Waals surface area (Å²) in [6.45, 7) is 1.62. The van der Waals surface area contributed by atoms with Crippen LogP contribution in [0.1, 0.15) is 18.1 Å². The van der Waals surface area contributed by atoms with Crippen molar-refractivity contribution in [1.29, 1.82) is 0 Å². The molecular formula is C10H7F3. The first-order valence-corrected chi connectivity index (χ1v) is 3.74. The van der Waals surface area contributed by atoms with E-state index in [4.69, 9.17) is 6.42 Å². The molecule has 0 aliphatic heterocycles. The Morgan fingerprint density at radius 3 is 2.38 bits per heavy atom. The van der Waals surface area contributed by atoms with Gasteiger partial charge in [0.05, 0.1) is 0 Å². The maximum Gasteiger partial charge on any atom is 0.194 e. The van der Waals surface area contributed by atoms with Gasteiger partial charge in [0, 0.05) is 11.1 Å². The van der Waals surface area contributed by atoms with E-state index < -0.39 is 17.5 Å². The van der Waals surface area contributed by atoms with E-state index in [0.29, 0.717) is 0 Å². The van der Waals surface area contributed by atoms with Crippen LogP contribution in [0, 0.1) is 29.8 Å². The lowest BCUT2D eigenvalue weighted by Crippen LogP contribution is -2.00. The van der Waals surface area contributed by atoms with Crippen molar-refractivity contribution >= 4 is 0 Å². The standard InChI is InChI=1S/C10H7F3/c1-3-6-5-8(11)10(13)9(12)7(6)4-2/h1,5H,4H2,2H3. The van der Waals surface area contributed by atoms with E-state index in [1.807, 2.05) is 0 Å². The molecule has 0 bridgehead atoms. The molecule has 1 rings (SSSR count). The molecule has 0 heterocycles. The summed E-state index contributed by atoms with van der Waals surface area (Å²) in [6.07, 6.45) is 5.25. The normalized spacial score (nSPS) is 9.77. The molecule has 0 saturated carbocycles. The Kier molecular flexibility index (Phi) is 2.62. The van der Waals surface area contributed by atoms with E-state index >= 15 is 0 Å². The number of halogens is 3. The van der Waals surface area contributed by atoms with Crippen LogP contribution in [-0.2, 0) is 6.42 Å². The third-order valence-electron chi connectivity index (χ3n) is 1.77. The van der Waals surface area contributed by atoms with Crippen LogP contribution < -0.4 is 0 Å². The van der Waals surface area contributed by atoms with Gasteiger partial charge in [0.15, 0.2) is 17.5 Å². The van der Waals surface area contributed by atoms with Gasteiger partial charge in [-0.3, -0.25) is 0 Å². The molecule has 68 valence electrons. The highest BCUT2D eigenvalue weighted by molar-refractivity contribution is 5.41. The van der Waals surface area contributed by atoms with E-state index in [9.17, 15) is 13.2 Å². The molecule has 0 amide bonds. The van der Waals surface area contributed by atoms with E-state index in [1.54, 1.807) is 6.92 Å². The second kappa shape index (κ2) is 3.53. The van der Waals surface area contributed by atoms with Crippen molar-refractivity contribution in [2.75, 3.05) is 0 Å². The van der Waals surface area contributed by atoms with Gasteiger partial charge >= 0.3 is 0 Å². The molecule has 1 aromatic carbocycles. The fourth-order valence-electron chi connectivity index (χ4n) is 1.11. The quantitative estimate of drug-likeness (QED) is 0.465. The van der Waals surface area contributed by atoms with Crippen LogP contribution in [-0.4, -0.2) is 0 Å². The molecule has 0 fully saturated rings. The lowest BCUT2D eigenvalue weighted by atomic mass is 10.0. The van der Waals surface area contributed by atoms with Crippen LogP contribution in [0.2, 0.25) is 0 Å². The van der Waals surface area contributed by atoms with E-state index in [-0.39, 0.29) is 17.5 Å². The predicted octanol–water partition coefficient (Wildman–Crippen LogP) is 2.65. The number of benzene rings is 1. The molecule has 0 N–H and O–H groups in total. The van der Waals surface area contributed by atoms with Gasteiger partial charge in [0.2, 0.25) is 0 Å². The Bertz CT molecular complexity index is 375. The van der Waals surface area contributed by atoms with Crippen molar-refractivity contribution in [1.82, 2.24) is 0 Å². The van der Waals surface area contributed by atoms with Gasteiger partial charge in [-0.15, -0.1) is 6.42 Å². The second-order valence-corrected chi connectivity index (χ2v) is 2.51. The Labute approximate surface area is 74.4 Å². The van der Waals surface area contributed by atoms with Gasteiger partial charge < -0.3 is 0 Å². The Morgan fingerprint density at radius 2 is 1.92 bits per heavy atom. The van der Waals surface area contributed by atoms with Crippen molar-refractivity contribution < 1.29 is 13.2 Å². The molecule has 13 heavy (non-hydrogen) atoms. The number of hydrogen-bond donors (Lipinski definition) is 0. The van der Waals surface area contributed by atoms with Gasteiger partial charge in [-0.25, -0.2) is 13.2 Å². The summed E-state index contributed by atoms with van der Waals surface area (Å²) < 4.78 is 38.3. The van der Waals surface area contributed by atoms with Crippen LogP contribution in [0.25, 0.3) is 0 Å². The van der Waals surface area contributed by atoms with Crippen LogP contribution >= 0.6 is 0 Å². The molecule has 0 spiro atoms. The van der Waals surface area contributed by atoms with Crippen LogP contribution in [0.5, 0.6) is 0 Å². The Morgan fingerprint density at radius 1 is 1.31 bits per heavy atom. The monoisotopic (exact) mass is 184 g/mol. The van der Waals surface area contributed by atoms with E-state index in [1.165, 1.54) is 0 Å². The van der Waals surface area contributed by atoms with E-state index in [2.05, 4.69) is 5.92 Å². The Balaban J connectivity index is 3.50. The minimum Gasteiger partial charge on any atom is -0.204 e. The lowest BCUT2D eigenvalue weighted by Gasteiger charge is -2.04. The van der Waals surface area contributed by atoms with Crippen molar-refractivity contribution in [2.24, 2.45) is 0 Å². The molecule has 3 heteroatoms. The predicted molar refractivity (Wildman–Crippen MR) is 43.6 cm³/mol. The van der Waals surface area contributed by atoms with E-state index in [0.717, 1.165) is 6.07 Å². The van der Waals surface area contributed by atoms with Gasteiger partial charge in [-0.2, -0.15) is 0 Å². The molecule has 0 nitrogen and oxygen atoms in total. The zero-order valence-corrected chi connectivity index (χ0v) is 7.00. The molecule has 0 aromatic heterocycles. The number of hydrogen-bond acceptors (Lipinski definition) is 0. The van der Waals surface area contributed by atoms with Gasteiger partial charge in [0.1, 0.15) is 0 Å². The first kappa shape index (κ1) is 9.66. The highest BCUT2D eigenvalue weighted by atomic mass is 19.2. The van der Waals surface area contributed by atoms with Crippen LogP contribution in [0.15, 0.2) is 6.07 Å². The molecule has 0 unspecified atom stereocenters. The summed E-state index contributed by atoms with van der Waals surface area (Å²) >= 11 is 0. The highest BCUT2D eigenvalue weighted by Gasteiger charge is 2.15. The van der Waals surface area contributed by atoms with Crippen molar-refractivity contribution in [3.05, 3.63) is 34.6 Å². The highest BCUT2D eigenvalue weighted by Crippen LogP contribution is 2.19. The summed E-state index contributed by atoms with van der Waals surface area (Å²) in [5, 5.41) is 0. The molecule has 0 saturated heterocycles. The average molecular weight is 184 g/mol. The van der Waals surface area contributed by atoms with Crippen molar-refractivity contribution in [2.45, 2.75) is 13.3 Å². The molecule has 0 aliphatic rings.